The first kappa shape index (κ1) is 16.6. The Morgan fingerprint density at radius 2 is 2.19 bits per heavy atom. The standard InChI is InChI=1S/C14H19N3O4/c1-10(2)9-21-7-6-16-12-8-11(14(18)15-3)4-5-13(12)17(19)20/h4-5,8,16H,1,6-7,9H2,2-3H3,(H,15,18). The van der Waals surface area contributed by atoms with Gasteiger partial charge in [0.2, 0.25) is 0 Å². The molecule has 0 fully saturated rings. The van der Waals surface area contributed by atoms with Crippen LogP contribution in [0.2, 0.25) is 0 Å². The van der Waals surface area contributed by atoms with E-state index >= 15 is 0 Å². The van der Waals surface area contributed by atoms with Crippen LogP contribution < -0.4 is 10.6 Å². The summed E-state index contributed by atoms with van der Waals surface area (Å²) in [6.07, 6.45) is 0. The lowest BCUT2D eigenvalue weighted by molar-refractivity contribution is -0.384. The van der Waals surface area contributed by atoms with E-state index < -0.39 is 4.92 Å². The summed E-state index contributed by atoms with van der Waals surface area (Å²) >= 11 is 0. The number of hydrogen-bond donors (Lipinski definition) is 2. The largest absolute Gasteiger partial charge is 0.377 e. The molecule has 1 aromatic carbocycles. The second kappa shape index (κ2) is 8.01. The van der Waals surface area contributed by atoms with Crippen molar-refractivity contribution in [2.24, 2.45) is 0 Å². The SMILES string of the molecule is C=C(C)COCCNc1cc(C(=O)NC)ccc1[N+](=O)[O-]. The van der Waals surface area contributed by atoms with Crippen molar-refractivity contribution in [3.05, 3.63) is 46.0 Å². The maximum absolute atomic E-state index is 11.6. The van der Waals surface area contributed by atoms with Crippen molar-refractivity contribution in [1.29, 1.82) is 0 Å². The van der Waals surface area contributed by atoms with Gasteiger partial charge in [0.15, 0.2) is 0 Å². The van der Waals surface area contributed by atoms with Crippen LogP contribution in [-0.4, -0.2) is 37.6 Å². The first-order chi connectivity index (χ1) is 9.95. The van der Waals surface area contributed by atoms with Crippen LogP contribution in [0.25, 0.3) is 0 Å². The molecule has 0 aliphatic rings. The summed E-state index contributed by atoms with van der Waals surface area (Å²) in [7, 11) is 1.50. The number of nitro benzene ring substituents is 1. The highest BCUT2D eigenvalue weighted by Crippen LogP contribution is 2.25. The summed E-state index contributed by atoms with van der Waals surface area (Å²) < 4.78 is 5.30. The van der Waals surface area contributed by atoms with E-state index in [4.69, 9.17) is 4.74 Å². The van der Waals surface area contributed by atoms with E-state index in [-0.39, 0.29) is 11.6 Å². The number of nitrogens with zero attached hydrogens (tertiary/aromatic N) is 1. The van der Waals surface area contributed by atoms with Gasteiger partial charge in [-0.25, -0.2) is 0 Å². The zero-order chi connectivity index (χ0) is 15.8. The molecule has 0 bridgehead atoms. The molecular formula is C14H19N3O4. The van der Waals surface area contributed by atoms with Crippen molar-refractivity contribution >= 4 is 17.3 Å². The smallest absolute Gasteiger partial charge is 0.292 e. The monoisotopic (exact) mass is 293 g/mol. The lowest BCUT2D eigenvalue weighted by atomic mass is 10.1. The van der Waals surface area contributed by atoms with Gasteiger partial charge in [-0.15, -0.1) is 0 Å². The molecule has 0 aromatic heterocycles. The van der Waals surface area contributed by atoms with E-state index in [0.717, 1.165) is 5.57 Å². The number of anilines is 1. The Balaban J connectivity index is 2.74. The Labute approximate surface area is 123 Å². The van der Waals surface area contributed by atoms with Crippen molar-refractivity contribution < 1.29 is 14.5 Å². The molecule has 1 aromatic rings. The van der Waals surface area contributed by atoms with E-state index in [1.807, 2.05) is 6.92 Å². The Kier molecular flexibility index (Phi) is 6.35. The maximum Gasteiger partial charge on any atom is 0.292 e. The van der Waals surface area contributed by atoms with Crippen LogP contribution in [-0.2, 0) is 4.74 Å². The van der Waals surface area contributed by atoms with Gasteiger partial charge in [0.05, 0.1) is 18.1 Å². The van der Waals surface area contributed by atoms with Gasteiger partial charge < -0.3 is 15.4 Å². The number of ether oxygens (including phenoxy) is 1. The third kappa shape index (κ3) is 5.23. The molecule has 7 nitrogen and oxygen atoms in total. The molecule has 0 aliphatic carbocycles. The van der Waals surface area contributed by atoms with Crippen LogP contribution in [0.4, 0.5) is 11.4 Å². The summed E-state index contributed by atoms with van der Waals surface area (Å²) in [6.45, 7) is 6.79. The van der Waals surface area contributed by atoms with Crippen LogP contribution in [0.15, 0.2) is 30.4 Å². The predicted octanol–water partition coefficient (Wildman–Crippen LogP) is 1.96. The highest BCUT2D eigenvalue weighted by atomic mass is 16.6. The number of nitro groups is 1. The number of carbonyl (C=O) groups is 1. The normalized spacial score (nSPS) is 10.0. The average Bonchev–Trinajstić information content (AvgIpc) is 2.45. The van der Waals surface area contributed by atoms with Crippen LogP contribution >= 0.6 is 0 Å². The molecule has 0 unspecified atom stereocenters. The third-order valence-electron chi connectivity index (χ3n) is 2.59. The van der Waals surface area contributed by atoms with Crippen LogP contribution in [0.5, 0.6) is 0 Å². The Morgan fingerprint density at radius 1 is 1.48 bits per heavy atom. The van der Waals surface area contributed by atoms with Gasteiger partial charge in [-0.3, -0.25) is 14.9 Å². The molecule has 7 heteroatoms. The van der Waals surface area contributed by atoms with Crippen LogP contribution in [0, 0.1) is 10.1 Å². The Hall–Kier alpha value is -2.41. The fourth-order valence-corrected chi connectivity index (χ4v) is 1.63. The van der Waals surface area contributed by atoms with Crippen LogP contribution in [0.3, 0.4) is 0 Å². The number of carbonyl (C=O) groups excluding carboxylic acids is 1. The summed E-state index contributed by atoms with van der Waals surface area (Å²) in [5, 5.41) is 16.4. The zero-order valence-electron chi connectivity index (χ0n) is 12.1. The van der Waals surface area contributed by atoms with Crippen LogP contribution in [0.1, 0.15) is 17.3 Å². The van der Waals surface area contributed by atoms with E-state index in [2.05, 4.69) is 17.2 Å². The molecule has 21 heavy (non-hydrogen) atoms. The van der Waals surface area contributed by atoms with E-state index in [1.54, 1.807) is 0 Å². The van der Waals surface area contributed by atoms with Gasteiger partial charge >= 0.3 is 0 Å². The molecule has 0 radical (unpaired) electrons. The van der Waals surface area contributed by atoms with Crippen molar-refractivity contribution in [2.75, 3.05) is 32.1 Å². The maximum atomic E-state index is 11.6. The first-order valence-corrected chi connectivity index (χ1v) is 6.42. The quantitative estimate of drug-likeness (QED) is 0.331. The number of hydrogen-bond acceptors (Lipinski definition) is 5. The fraction of sp³-hybridized carbons (Fsp3) is 0.357. The second-order valence-corrected chi connectivity index (χ2v) is 4.50. The summed E-state index contributed by atoms with van der Waals surface area (Å²) in [5.74, 6) is -0.300. The Morgan fingerprint density at radius 3 is 2.76 bits per heavy atom. The van der Waals surface area contributed by atoms with Gasteiger partial charge in [-0.2, -0.15) is 0 Å². The molecular weight excluding hydrogens is 274 g/mol. The number of benzene rings is 1. The van der Waals surface area contributed by atoms with Crippen molar-refractivity contribution in [3.63, 3.8) is 0 Å². The van der Waals surface area contributed by atoms with Gasteiger partial charge in [-0.1, -0.05) is 12.2 Å². The topological polar surface area (TPSA) is 93.5 Å². The molecule has 2 N–H and O–H groups in total. The first-order valence-electron chi connectivity index (χ1n) is 6.42. The molecule has 0 saturated heterocycles. The molecule has 1 rings (SSSR count). The summed E-state index contributed by atoms with van der Waals surface area (Å²) in [5.41, 5.74) is 1.47. The summed E-state index contributed by atoms with van der Waals surface area (Å²) in [4.78, 5) is 22.0. The van der Waals surface area contributed by atoms with Gasteiger partial charge in [0.1, 0.15) is 5.69 Å². The third-order valence-corrected chi connectivity index (χ3v) is 2.59. The van der Waals surface area contributed by atoms with Gasteiger partial charge in [0.25, 0.3) is 11.6 Å². The molecule has 0 heterocycles. The zero-order valence-corrected chi connectivity index (χ0v) is 12.1. The minimum absolute atomic E-state index is 0.0810. The van der Waals surface area contributed by atoms with Crippen molar-refractivity contribution in [2.45, 2.75) is 6.92 Å². The minimum atomic E-state index is -0.495. The molecule has 114 valence electrons. The molecule has 0 spiro atoms. The lowest BCUT2D eigenvalue weighted by Gasteiger charge is -2.09. The van der Waals surface area contributed by atoms with E-state index in [1.165, 1.54) is 25.2 Å². The van der Waals surface area contributed by atoms with Gasteiger partial charge in [-0.05, 0) is 19.1 Å². The predicted molar refractivity (Wildman–Crippen MR) is 80.6 cm³/mol. The molecule has 1 amide bonds. The van der Waals surface area contributed by atoms with Crippen molar-refractivity contribution in [1.82, 2.24) is 5.32 Å². The Bertz CT molecular complexity index is 543. The fourth-order valence-electron chi connectivity index (χ4n) is 1.63. The lowest BCUT2D eigenvalue weighted by Crippen LogP contribution is -2.18. The second-order valence-electron chi connectivity index (χ2n) is 4.50. The minimum Gasteiger partial charge on any atom is -0.377 e. The summed E-state index contributed by atoms with van der Waals surface area (Å²) in [6, 6.07) is 4.18. The molecule has 0 atom stereocenters. The van der Waals surface area contributed by atoms with Gasteiger partial charge in [0, 0.05) is 25.2 Å². The highest BCUT2D eigenvalue weighted by Gasteiger charge is 2.16. The van der Waals surface area contributed by atoms with E-state index in [9.17, 15) is 14.9 Å². The highest BCUT2D eigenvalue weighted by molar-refractivity contribution is 5.95. The average molecular weight is 293 g/mol. The number of amides is 1. The molecule has 0 aliphatic heterocycles. The van der Waals surface area contributed by atoms with E-state index in [0.29, 0.717) is 31.0 Å². The molecule has 0 saturated carbocycles. The number of rotatable bonds is 8. The van der Waals surface area contributed by atoms with Crippen molar-refractivity contribution in [3.8, 4) is 0 Å². The number of nitrogens with one attached hydrogen (secondary N) is 2.